The largest absolute Gasteiger partial charge is 0.384 e. The lowest BCUT2D eigenvalue weighted by molar-refractivity contribution is 0.102. The van der Waals surface area contributed by atoms with Gasteiger partial charge in [-0.05, 0) is 26.0 Å². The highest BCUT2D eigenvalue weighted by atomic mass is 16.1. The topological polar surface area (TPSA) is 85.8 Å². The Morgan fingerprint density at radius 3 is 2.83 bits per heavy atom. The molecule has 2 aromatic rings. The monoisotopic (exact) mass is 245 g/mol. The first-order chi connectivity index (χ1) is 8.58. The van der Waals surface area contributed by atoms with Gasteiger partial charge in [0, 0.05) is 23.9 Å². The number of nitrogens with two attached hydrogens (primary N) is 1. The number of pyridine rings is 1. The molecule has 0 aliphatic carbocycles. The number of amides is 1. The van der Waals surface area contributed by atoms with Crippen LogP contribution in [0, 0.1) is 0 Å². The average Bonchev–Trinajstić information content (AvgIpc) is 2.77. The molecule has 1 amide bonds. The van der Waals surface area contributed by atoms with Crippen molar-refractivity contribution in [2.45, 2.75) is 19.9 Å². The molecule has 6 heteroatoms. The van der Waals surface area contributed by atoms with Crippen molar-refractivity contribution in [3.63, 3.8) is 0 Å². The summed E-state index contributed by atoms with van der Waals surface area (Å²) in [6, 6.07) is 5.08. The second-order valence-corrected chi connectivity index (χ2v) is 4.18. The van der Waals surface area contributed by atoms with Crippen molar-refractivity contribution in [1.82, 2.24) is 14.8 Å². The third-order valence-electron chi connectivity index (χ3n) is 2.44. The van der Waals surface area contributed by atoms with E-state index in [0.29, 0.717) is 17.2 Å². The normalized spacial score (nSPS) is 10.6. The van der Waals surface area contributed by atoms with Crippen molar-refractivity contribution >= 4 is 17.5 Å². The molecule has 0 saturated carbocycles. The van der Waals surface area contributed by atoms with Gasteiger partial charge in [0.1, 0.15) is 11.6 Å². The number of aromatic nitrogens is 3. The minimum Gasteiger partial charge on any atom is -0.384 e. The Morgan fingerprint density at radius 1 is 1.39 bits per heavy atom. The summed E-state index contributed by atoms with van der Waals surface area (Å²) in [6.45, 7) is 3.99. The number of carbonyl (C=O) groups is 1. The number of hydrogen-bond acceptors (Lipinski definition) is 4. The van der Waals surface area contributed by atoms with Crippen LogP contribution in [0.15, 0.2) is 30.6 Å². The summed E-state index contributed by atoms with van der Waals surface area (Å²) in [5, 5.41) is 6.94. The number of nitrogens with one attached hydrogen (secondary N) is 1. The van der Waals surface area contributed by atoms with Gasteiger partial charge in [-0.2, -0.15) is 5.10 Å². The van der Waals surface area contributed by atoms with Gasteiger partial charge in [0.2, 0.25) is 0 Å². The molecule has 0 aliphatic heterocycles. The molecule has 3 N–H and O–H groups in total. The quantitative estimate of drug-likeness (QED) is 0.861. The van der Waals surface area contributed by atoms with E-state index in [9.17, 15) is 4.79 Å². The van der Waals surface area contributed by atoms with Crippen molar-refractivity contribution in [2.24, 2.45) is 0 Å². The first-order valence-corrected chi connectivity index (χ1v) is 5.64. The molecule has 0 atom stereocenters. The second-order valence-electron chi connectivity index (χ2n) is 4.18. The Labute approximate surface area is 105 Å². The maximum Gasteiger partial charge on any atom is 0.256 e. The Morgan fingerprint density at radius 2 is 2.17 bits per heavy atom. The summed E-state index contributed by atoms with van der Waals surface area (Å²) in [5.41, 5.74) is 6.01. The van der Waals surface area contributed by atoms with E-state index in [0.717, 1.165) is 0 Å². The van der Waals surface area contributed by atoms with Crippen molar-refractivity contribution in [1.29, 1.82) is 0 Å². The molecule has 94 valence electrons. The minimum atomic E-state index is -0.230. The predicted molar refractivity (Wildman–Crippen MR) is 69.2 cm³/mol. The minimum absolute atomic E-state index is 0.179. The van der Waals surface area contributed by atoms with Crippen LogP contribution in [-0.4, -0.2) is 20.7 Å². The zero-order valence-electron chi connectivity index (χ0n) is 10.3. The molecule has 2 heterocycles. The molecule has 0 unspecified atom stereocenters. The number of nitrogen functional groups attached to an aromatic ring is 1. The number of rotatable bonds is 3. The molecule has 0 aromatic carbocycles. The van der Waals surface area contributed by atoms with E-state index in [4.69, 9.17) is 5.73 Å². The van der Waals surface area contributed by atoms with Crippen molar-refractivity contribution in [3.8, 4) is 0 Å². The Bertz CT molecular complexity index is 561. The van der Waals surface area contributed by atoms with Gasteiger partial charge in [-0.3, -0.25) is 4.79 Å². The van der Waals surface area contributed by atoms with Crippen molar-refractivity contribution in [2.75, 3.05) is 11.1 Å². The SMILES string of the molecule is CC(C)n1nccc1NC(=O)c1ccnc(N)c1. The van der Waals surface area contributed by atoms with Gasteiger partial charge in [-0.1, -0.05) is 0 Å². The Kier molecular flexibility index (Phi) is 3.27. The van der Waals surface area contributed by atoms with Crippen LogP contribution in [0.3, 0.4) is 0 Å². The highest BCUT2D eigenvalue weighted by molar-refractivity contribution is 6.04. The van der Waals surface area contributed by atoms with Gasteiger partial charge in [-0.15, -0.1) is 0 Å². The highest BCUT2D eigenvalue weighted by Crippen LogP contribution is 2.14. The average molecular weight is 245 g/mol. The van der Waals surface area contributed by atoms with Crippen molar-refractivity contribution < 1.29 is 4.79 Å². The van der Waals surface area contributed by atoms with Crippen LogP contribution in [0.2, 0.25) is 0 Å². The smallest absolute Gasteiger partial charge is 0.256 e. The first kappa shape index (κ1) is 12.1. The lowest BCUT2D eigenvalue weighted by Crippen LogP contribution is -2.17. The maximum atomic E-state index is 12.0. The van der Waals surface area contributed by atoms with E-state index in [1.807, 2.05) is 13.8 Å². The molecule has 2 aromatic heterocycles. The van der Waals surface area contributed by atoms with Crippen LogP contribution in [0.1, 0.15) is 30.2 Å². The summed E-state index contributed by atoms with van der Waals surface area (Å²) in [5.74, 6) is 0.747. The van der Waals surface area contributed by atoms with Gasteiger partial charge >= 0.3 is 0 Å². The third-order valence-corrected chi connectivity index (χ3v) is 2.44. The van der Waals surface area contributed by atoms with Gasteiger partial charge < -0.3 is 11.1 Å². The molecule has 18 heavy (non-hydrogen) atoms. The lowest BCUT2D eigenvalue weighted by atomic mass is 10.2. The zero-order valence-corrected chi connectivity index (χ0v) is 10.3. The third kappa shape index (κ3) is 2.48. The molecule has 0 aliphatic rings. The van der Waals surface area contributed by atoms with Crippen LogP contribution < -0.4 is 11.1 Å². The van der Waals surface area contributed by atoms with Gasteiger partial charge in [0.25, 0.3) is 5.91 Å². The summed E-state index contributed by atoms with van der Waals surface area (Å²) in [7, 11) is 0. The van der Waals surface area contributed by atoms with Crippen LogP contribution in [0.4, 0.5) is 11.6 Å². The van der Waals surface area contributed by atoms with Gasteiger partial charge in [0.15, 0.2) is 0 Å². The number of anilines is 2. The predicted octanol–water partition coefficient (Wildman–Crippen LogP) is 1.69. The van der Waals surface area contributed by atoms with E-state index < -0.39 is 0 Å². The maximum absolute atomic E-state index is 12.0. The number of hydrogen-bond donors (Lipinski definition) is 2. The fraction of sp³-hybridized carbons (Fsp3) is 0.250. The molecule has 2 rings (SSSR count). The second kappa shape index (κ2) is 4.87. The fourth-order valence-corrected chi connectivity index (χ4v) is 1.60. The van der Waals surface area contributed by atoms with E-state index >= 15 is 0 Å². The zero-order chi connectivity index (χ0) is 13.1. The molecular weight excluding hydrogens is 230 g/mol. The lowest BCUT2D eigenvalue weighted by Gasteiger charge is -2.11. The Hall–Kier alpha value is -2.37. The number of carbonyl (C=O) groups excluding carboxylic acids is 1. The summed E-state index contributed by atoms with van der Waals surface area (Å²) >= 11 is 0. The molecular formula is C12H15N5O. The van der Waals surface area contributed by atoms with Crippen LogP contribution in [0.5, 0.6) is 0 Å². The molecule has 0 bridgehead atoms. The highest BCUT2D eigenvalue weighted by Gasteiger charge is 2.11. The van der Waals surface area contributed by atoms with E-state index in [-0.39, 0.29) is 11.9 Å². The van der Waals surface area contributed by atoms with Gasteiger partial charge in [0.05, 0.1) is 6.20 Å². The molecule has 6 nitrogen and oxygen atoms in total. The fourth-order valence-electron chi connectivity index (χ4n) is 1.60. The van der Waals surface area contributed by atoms with Crippen LogP contribution >= 0.6 is 0 Å². The van der Waals surface area contributed by atoms with Crippen molar-refractivity contribution in [3.05, 3.63) is 36.2 Å². The first-order valence-electron chi connectivity index (χ1n) is 5.64. The number of nitrogens with zero attached hydrogens (tertiary/aromatic N) is 3. The summed E-state index contributed by atoms with van der Waals surface area (Å²) in [4.78, 5) is 15.8. The summed E-state index contributed by atoms with van der Waals surface area (Å²) < 4.78 is 1.74. The van der Waals surface area contributed by atoms with E-state index in [1.54, 1.807) is 23.0 Å². The van der Waals surface area contributed by atoms with Crippen LogP contribution in [-0.2, 0) is 0 Å². The molecule has 0 spiro atoms. The molecule has 0 fully saturated rings. The Balaban J connectivity index is 2.19. The van der Waals surface area contributed by atoms with Crippen LogP contribution in [0.25, 0.3) is 0 Å². The van der Waals surface area contributed by atoms with Gasteiger partial charge in [-0.25, -0.2) is 9.67 Å². The van der Waals surface area contributed by atoms with E-state index in [1.165, 1.54) is 12.3 Å². The summed E-state index contributed by atoms with van der Waals surface area (Å²) in [6.07, 6.45) is 3.15. The molecule has 0 radical (unpaired) electrons. The van der Waals surface area contributed by atoms with E-state index in [2.05, 4.69) is 15.4 Å². The standard InChI is InChI=1S/C12H15N5O/c1-8(2)17-11(4-6-15-17)16-12(18)9-3-5-14-10(13)7-9/h3-8H,1-2H3,(H2,13,14)(H,16,18). The molecule has 0 saturated heterocycles.